The van der Waals surface area contributed by atoms with Crippen LogP contribution in [0.2, 0.25) is 0 Å². The first-order valence-electron chi connectivity index (χ1n) is 9.39. The van der Waals surface area contributed by atoms with Gasteiger partial charge < -0.3 is 15.5 Å². The highest BCUT2D eigenvalue weighted by Crippen LogP contribution is 2.27. The number of carbonyl (C=O) groups excluding carboxylic acids is 2. The van der Waals surface area contributed by atoms with Gasteiger partial charge in [0.25, 0.3) is 5.91 Å². The fourth-order valence-electron chi connectivity index (χ4n) is 3.79. The summed E-state index contributed by atoms with van der Waals surface area (Å²) in [6, 6.07) is 0. The first kappa shape index (κ1) is 21.1. The van der Waals surface area contributed by atoms with E-state index in [2.05, 4.69) is 4.98 Å². The minimum Gasteiger partial charge on any atom is -0.339 e. The van der Waals surface area contributed by atoms with Crippen LogP contribution in [-0.2, 0) is 11.3 Å². The summed E-state index contributed by atoms with van der Waals surface area (Å²) in [5.41, 5.74) is 6.03. The van der Waals surface area contributed by atoms with E-state index in [1.165, 1.54) is 43.4 Å². The molecule has 146 valence electrons. The molecule has 1 saturated carbocycles. The number of hydrogen-bond donors (Lipinski definition) is 1. The molecule has 0 bridgehead atoms. The molecule has 1 aromatic heterocycles. The van der Waals surface area contributed by atoms with Gasteiger partial charge in [0.2, 0.25) is 5.91 Å². The Hall–Kier alpha value is -1.18. The summed E-state index contributed by atoms with van der Waals surface area (Å²) in [4.78, 5) is 32.9. The minimum atomic E-state index is -0.0507. The van der Waals surface area contributed by atoms with Crippen molar-refractivity contribution in [3.63, 3.8) is 0 Å². The van der Waals surface area contributed by atoms with Crippen LogP contribution in [0, 0.1) is 5.92 Å². The average molecular weight is 401 g/mol. The third-order valence-electron chi connectivity index (χ3n) is 5.36. The van der Waals surface area contributed by atoms with Gasteiger partial charge in [0.1, 0.15) is 10.7 Å². The first-order valence-corrected chi connectivity index (χ1v) is 10.3. The number of piperazine rings is 1. The van der Waals surface area contributed by atoms with E-state index in [-0.39, 0.29) is 24.2 Å². The number of nitrogens with two attached hydrogens (primary N) is 1. The summed E-state index contributed by atoms with van der Waals surface area (Å²) in [5, 5.41) is 2.55. The van der Waals surface area contributed by atoms with Crippen LogP contribution in [0.3, 0.4) is 0 Å². The second-order valence-electron chi connectivity index (χ2n) is 7.05. The van der Waals surface area contributed by atoms with E-state index in [0.717, 1.165) is 17.3 Å². The minimum absolute atomic E-state index is 0. The average Bonchev–Trinajstić information content (AvgIpc) is 3.16. The molecule has 2 aliphatic rings. The maximum atomic E-state index is 12.5. The molecule has 2 amide bonds. The van der Waals surface area contributed by atoms with Crippen molar-refractivity contribution < 1.29 is 9.59 Å². The molecular weight excluding hydrogens is 372 g/mol. The van der Waals surface area contributed by atoms with E-state index >= 15 is 0 Å². The van der Waals surface area contributed by atoms with Crippen LogP contribution in [0.5, 0.6) is 0 Å². The highest BCUT2D eigenvalue weighted by molar-refractivity contribution is 7.09. The Morgan fingerprint density at radius 3 is 2.38 bits per heavy atom. The van der Waals surface area contributed by atoms with Crippen LogP contribution in [0.4, 0.5) is 0 Å². The first-order chi connectivity index (χ1) is 12.2. The van der Waals surface area contributed by atoms with Gasteiger partial charge in [-0.2, -0.15) is 0 Å². The van der Waals surface area contributed by atoms with Gasteiger partial charge in [0.05, 0.1) is 0 Å². The lowest BCUT2D eigenvalue weighted by Gasteiger charge is -2.35. The third kappa shape index (κ3) is 5.41. The Kier molecular flexibility index (Phi) is 8.31. The Morgan fingerprint density at radius 2 is 1.77 bits per heavy atom. The van der Waals surface area contributed by atoms with Gasteiger partial charge in [0, 0.05) is 44.5 Å². The zero-order valence-electron chi connectivity index (χ0n) is 15.2. The van der Waals surface area contributed by atoms with Crippen LogP contribution in [0.25, 0.3) is 0 Å². The molecule has 0 atom stereocenters. The number of carbonyl (C=O) groups is 2. The van der Waals surface area contributed by atoms with E-state index in [4.69, 9.17) is 5.73 Å². The van der Waals surface area contributed by atoms with Gasteiger partial charge in [-0.1, -0.05) is 32.1 Å². The van der Waals surface area contributed by atoms with Gasteiger partial charge in [-0.25, -0.2) is 4.98 Å². The SMILES string of the molecule is Cl.NCc1nc(C(=O)N2CCN(C(=O)CCC3CCCCC3)CC2)cs1. The van der Waals surface area contributed by atoms with Crippen LogP contribution in [0.1, 0.15) is 60.4 Å². The van der Waals surface area contributed by atoms with Crippen molar-refractivity contribution in [3.8, 4) is 0 Å². The maximum absolute atomic E-state index is 12.5. The predicted molar refractivity (Wildman–Crippen MR) is 106 cm³/mol. The van der Waals surface area contributed by atoms with Crippen molar-refractivity contribution >= 4 is 35.6 Å². The van der Waals surface area contributed by atoms with Gasteiger partial charge in [-0.05, 0) is 12.3 Å². The number of hydrogen-bond acceptors (Lipinski definition) is 5. The van der Waals surface area contributed by atoms with Gasteiger partial charge in [-0.15, -0.1) is 23.7 Å². The van der Waals surface area contributed by atoms with E-state index in [1.807, 2.05) is 4.90 Å². The van der Waals surface area contributed by atoms with E-state index in [0.29, 0.717) is 44.8 Å². The zero-order valence-corrected chi connectivity index (χ0v) is 16.8. The summed E-state index contributed by atoms with van der Waals surface area (Å²) < 4.78 is 0. The molecule has 2 heterocycles. The van der Waals surface area contributed by atoms with Crippen LogP contribution in [0.15, 0.2) is 5.38 Å². The molecule has 1 aliphatic carbocycles. The molecule has 1 saturated heterocycles. The number of aromatic nitrogens is 1. The number of thiazole rings is 1. The van der Waals surface area contributed by atoms with Crippen molar-refractivity contribution in [3.05, 3.63) is 16.1 Å². The van der Waals surface area contributed by atoms with Crippen LogP contribution < -0.4 is 5.73 Å². The molecule has 0 radical (unpaired) electrons. The molecule has 0 unspecified atom stereocenters. The molecule has 0 spiro atoms. The van der Waals surface area contributed by atoms with Gasteiger partial charge in [-0.3, -0.25) is 9.59 Å². The monoisotopic (exact) mass is 400 g/mol. The molecule has 1 aromatic rings. The van der Waals surface area contributed by atoms with Crippen LogP contribution >= 0.6 is 23.7 Å². The van der Waals surface area contributed by atoms with E-state index in [1.54, 1.807) is 10.3 Å². The van der Waals surface area contributed by atoms with Crippen LogP contribution in [-0.4, -0.2) is 52.8 Å². The summed E-state index contributed by atoms with van der Waals surface area (Å²) in [5.74, 6) is 0.934. The highest BCUT2D eigenvalue weighted by atomic mass is 35.5. The van der Waals surface area contributed by atoms with Crippen molar-refractivity contribution in [1.82, 2.24) is 14.8 Å². The lowest BCUT2D eigenvalue weighted by Crippen LogP contribution is -2.50. The molecule has 0 aromatic carbocycles. The lowest BCUT2D eigenvalue weighted by molar-refractivity contribution is -0.133. The van der Waals surface area contributed by atoms with Crippen molar-refractivity contribution in [2.24, 2.45) is 11.7 Å². The van der Waals surface area contributed by atoms with Gasteiger partial charge in [0.15, 0.2) is 0 Å². The third-order valence-corrected chi connectivity index (χ3v) is 6.23. The summed E-state index contributed by atoms with van der Waals surface area (Å²) in [6.45, 7) is 2.79. The second kappa shape index (κ2) is 10.2. The molecule has 26 heavy (non-hydrogen) atoms. The zero-order chi connectivity index (χ0) is 17.6. The Labute approximate surface area is 165 Å². The Balaban J connectivity index is 0.00000243. The van der Waals surface area contributed by atoms with E-state index in [9.17, 15) is 9.59 Å². The number of halogens is 1. The standard InChI is InChI=1S/C18H28N4O2S.ClH/c19-12-16-20-15(13-25-16)18(24)22-10-8-21(9-11-22)17(23)7-6-14-4-2-1-3-5-14;/h13-14H,1-12,19H2;1H. The van der Waals surface area contributed by atoms with Crippen molar-refractivity contribution in [2.45, 2.75) is 51.5 Å². The summed E-state index contributed by atoms with van der Waals surface area (Å²) >= 11 is 1.42. The maximum Gasteiger partial charge on any atom is 0.273 e. The van der Waals surface area contributed by atoms with Crippen molar-refractivity contribution in [2.75, 3.05) is 26.2 Å². The number of rotatable bonds is 5. The fourth-order valence-corrected chi connectivity index (χ4v) is 4.43. The molecule has 3 rings (SSSR count). The van der Waals surface area contributed by atoms with E-state index < -0.39 is 0 Å². The largest absolute Gasteiger partial charge is 0.339 e. The predicted octanol–water partition coefficient (Wildman–Crippen LogP) is 2.67. The normalized spacial score (nSPS) is 18.5. The molecular formula is C18H29ClN4O2S. The number of nitrogens with zero attached hydrogens (tertiary/aromatic N) is 3. The summed E-state index contributed by atoms with van der Waals surface area (Å²) in [6.07, 6.45) is 8.25. The lowest BCUT2D eigenvalue weighted by atomic mass is 9.86. The quantitative estimate of drug-likeness (QED) is 0.823. The van der Waals surface area contributed by atoms with Gasteiger partial charge >= 0.3 is 0 Å². The topological polar surface area (TPSA) is 79.5 Å². The second-order valence-corrected chi connectivity index (χ2v) is 7.99. The molecule has 2 N–H and O–H groups in total. The Bertz CT molecular complexity index is 596. The smallest absolute Gasteiger partial charge is 0.273 e. The molecule has 6 nitrogen and oxygen atoms in total. The van der Waals surface area contributed by atoms with Crippen molar-refractivity contribution in [1.29, 1.82) is 0 Å². The molecule has 2 fully saturated rings. The number of amides is 2. The highest BCUT2D eigenvalue weighted by Gasteiger charge is 2.26. The molecule has 1 aliphatic heterocycles. The Morgan fingerprint density at radius 1 is 1.12 bits per heavy atom. The summed E-state index contributed by atoms with van der Waals surface area (Å²) in [7, 11) is 0. The fraction of sp³-hybridized carbons (Fsp3) is 0.722. The molecule has 8 heteroatoms.